The van der Waals surface area contributed by atoms with Crippen molar-refractivity contribution in [1.82, 2.24) is 20.2 Å². The fourth-order valence-corrected chi connectivity index (χ4v) is 2.66. The van der Waals surface area contributed by atoms with Crippen LogP contribution in [0.15, 0.2) is 40.7 Å². The lowest BCUT2D eigenvalue weighted by Crippen LogP contribution is -2.11. The highest BCUT2D eigenvalue weighted by molar-refractivity contribution is 7.99. The molecule has 0 saturated heterocycles. The summed E-state index contributed by atoms with van der Waals surface area (Å²) in [5.74, 6) is 0.278. The lowest BCUT2D eigenvalue weighted by molar-refractivity contribution is -0.112. The Morgan fingerprint density at radius 2 is 2.21 bits per heavy atom. The van der Waals surface area contributed by atoms with E-state index in [-0.39, 0.29) is 22.8 Å². The molecule has 8 nitrogen and oxygen atoms in total. The Kier molecular flexibility index (Phi) is 5.92. The monoisotopic (exact) mass is 344 g/mol. The summed E-state index contributed by atoms with van der Waals surface area (Å²) in [6.45, 7) is 3.91. The van der Waals surface area contributed by atoms with Crippen LogP contribution in [-0.4, -0.2) is 38.4 Å². The van der Waals surface area contributed by atoms with Gasteiger partial charge in [-0.2, -0.15) is 9.94 Å². The van der Waals surface area contributed by atoms with Gasteiger partial charge in [0.15, 0.2) is 5.78 Å². The molecule has 1 aromatic carbocycles. The second-order valence-electron chi connectivity index (χ2n) is 4.66. The Labute approximate surface area is 143 Å². The third-order valence-corrected chi connectivity index (χ3v) is 3.87. The number of hydrogen-bond donors (Lipinski definition) is 1. The van der Waals surface area contributed by atoms with Crippen LogP contribution in [0.3, 0.4) is 0 Å². The van der Waals surface area contributed by atoms with Gasteiger partial charge in [0.2, 0.25) is 5.16 Å². The first kappa shape index (κ1) is 17.5. The Balaban J connectivity index is 2.22. The zero-order valence-corrected chi connectivity index (χ0v) is 14.1. The molecule has 0 fully saturated rings. The lowest BCUT2D eigenvalue weighted by Gasteiger charge is -2.10. The number of nitrogens with two attached hydrogens (primary N) is 1. The Morgan fingerprint density at radius 3 is 2.88 bits per heavy atom. The molecule has 0 aliphatic carbocycles. The predicted molar refractivity (Wildman–Crippen MR) is 88.6 cm³/mol. The van der Waals surface area contributed by atoms with Crippen molar-refractivity contribution in [2.24, 2.45) is 5.73 Å². The molecule has 24 heavy (non-hydrogen) atoms. The minimum absolute atomic E-state index is 0.00854. The van der Waals surface area contributed by atoms with E-state index in [1.54, 1.807) is 0 Å². The van der Waals surface area contributed by atoms with Gasteiger partial charge in [-0.3, -0.25) is 4.79 Å². The Hall–Kier alpha value is -2.86. The molecule has 0 spiro atoms. The van der Waals surface area contributed by atoms with Crippen LogP contribution in [0.2, 0.25) is 0 Å². The zero-order chi connectivity index (χ0) is 17.5. The number of tetrazole rings is 1. The zero-order valence-electron chi connectivity index (χ0n) is 13.3. The van der Waals surface area contributed by atoms with Gasteiger partial charge in [0.25, 0.3) is 0 Å². The Morgan fingerprint density at radius 1 is 1.46 bits per heavy atom. The van der Waals surface area contributed by atoms with Crippen LogP contribution in [0.4, 0.5) is 0 Å². The van der Waals surface area contributed by atoms with Crippen LogP contribution in [0.25, 0.3) is 5.69 Å². The van der Waals surface area contributed by atoms with E-state index in [9.17, 15) is 4.79 Å². The minimum Gasteiger partial charge on any atom is -0.492 e. The van der Waals surface area contributed by atoms with Gasteiger partial charge < -0.3 is 10.5 Å². The van der Waals surface area contributed by atoms with Gasteiger partial charge in [-0.05, 0) is 36.4 Å². The number of carbonyl (C=O) groups excluding carboxylic acids is 1. The van der Waals surface area contributed by atoms with Crippen molar-refractivity contribution >= 4 is 17.5 Å². The summed E-state index contributed by atoms with van der Waals surface area (Å²) in [5, 5.41) is 20.9. The lowest BCUT2D eigenvalue weighted by atomic mass is 10.2. The van der Waals surface area contributed by atoms with Crippen LogP contribution in [0.5, 0.6) is 5.75 Å². The molecule has 1 heterocycles. The molecule has 0 bridgehead atoms. The van der Waals surface area contributed by atoms with Crippen LogP contribution < -0.4 is 10.5 Å². The highest BCUT2D eigenvalue weighted by Gasteiger charge is 2.17. The molecule has 0 amide bonds. The number of nitriles is 1. The van der Waals surface area contributed by atoms with Crippen molar-refractivity contribution in [3.63, 3.8) is 0 Å². The number of ketones is 1. The molecule has 0 aliphatic heterocycles. The highest BCUT2D eigenvalue weighted by atomic mass is 32.2. The summed E-state index contributed by atoms with van der Waals surface area (Å²) in [4.78, 5) is 12.0. The summed E-state index contributed by atoms with van der Waals surface area (Å²) in [7, 11) is 0. The second-order valence-corrected chi connectivity index (χ2v) is 5.60. The van der Waals surface area contributed by atoms with Gasteiger partial charge in [-0.25, -0.2) is 0 Å². The van der Waals surface area contributed by atoms with Gasteiger partial charge >= 0.3 is 0 Å². The number of aromatic nitrogens is 4. The van der Waals surface area contributed by atoms with E-state index in [0.29, 0.717) is 23.2 Å². The average molecular weight is 344 g/mol. The first-order valence-corrected chi connectivity index (χ1v) is 8.10. The molecule has 2 aromatic rings. The number of allylic oxidation sites excluding steroid dienone is 2. The maximum atomic E-state index is 12.0. The molecule has 0 saturated carbocycles. The van der Waals surface area contributed by atoms with Crippen LogP contribution in [0.1, 0.15) is 13.8 Å². The fraction of sp³-hybridized carbons (Fsp3) is 0.267. The maximum absolute atomic E-state index is 12.0. The van der Waals surface area contributed by atoms with Crippen molar-refractivity contribution in [2.45, 2.75) is 19.0 Å². The number of nitrogens with zero attached hydrogens (tertiary/aromatic N) is 5. The quantitative estimate of drug-likeness (QED) is 0.455. The first-order valence-electron chi connectivity index (χ1n) is 7.11. The number of para-hydroxylation sites is 2. The van der Waals surface area contributed by atoms with Gasteiger partial charge in [-0.1, -0.05) is 23.9 Å². The highest BCUT2D eigenvalue weighted by Crippen LogP contribution is 2.26. The smallest absolute Gasteiger partial charge is 0.214 e. The third-order valence-electron chi connectivity index (χ3n) is 2.95. The molecule has 0 radical (unpaired) electrons. The second kappa shape index (κ2) is 8.12. The number of carbonyl (C=O) groups is 1. The molecule has 0 aliphatic rings. The number of benzene rings is 1. The van der Waals surface area contributed by atoms with E-state index in [4.69, 9.17) is 15.7 Å². The molecule has 2 rings (SSSR count). The fourth-order valence-electron chi connectivity index (χ4n) is 1.90. The number of ether oxygens (including phenoxy) is 1. The van der Waals surface area contributed by atoms with E-state index in [0.717, 1.165) is 11.8 Å². The molecule has 2 N–H and O–H groups in total. The average Bonchev–Trinajstić information content (AvgIpc) is 3.02. The van der Waals surface area contributed by atoms with Gasteiger partial charge in [-0.15, -0.1) is 5.10 Å². The van der Waals surface area contributed by atoms with E-state index in [1.165, 1.54) is 11.6 Å². The van der Waals surface area contributed by atoms with Crippen molar-refractivity contribution in [3.05, 3.63) is 35.5 Å². The predicted octanol–water partition coefficient (Wildman–Crippen LogP) is 1.48. The standard InChI is InChI=1S/C15H16N6O2S/c1-3-23-14-7-5-4-6-12(14)21-15(18-19-20-21)24-9-13(22)11(8-16)10(2)17/h4-7H,3,9,17H2,1-2H3. The summed E-state index contributed by atoms with van der Waals surface area (Å²) >= 11 is 1.13. The molecular weight excluding hydrogens is 328 g/mol. The summed E-state index contributed by atoms with van der Waals surface area (Å²) < 4.78 is 7.06. The molecule has 0 unspecified atom stereocenters. The van der Waals surface area contributed by atoms with E-state index < -0.39 is 0 Å². The van der Waals surface area contributed by atoms with Crippen molar-refractivity contribution in [2.75, 3.05) is 12.4 Å². The van der Waals surface area contributed by atoms with Crippen molar-refractivity contribution < 1.29 is 9.53 Å². The third kappa shape index (κ3) is 3.91. The van der Waals surface area contributed by atoms with Crippen molar-refractivity contribution in [3.8, 4) is 17.5 Å². The van der Waals surface area contributed by atoms with Crippen LogP contribution in [-0.2, 0) is 4.79 Å². The van der Waals surface area contributed by atoms with Crippen molar-refractivity contribution in [1.29, 1.82) is 5.26 Å². The number of rotatable bonds is 7. The van der Waals surface area contributed by atoms with E-state index in [2.05, 4.69) is 15.5 Å². The maximum Gasteiger partial charge on any atom is 0.214 e. The minimum atomic E-state index is -0.366. The molecular formula is C15H16N6O2S. The van der Waals surface area contributed by atoms with Gasteiger partial charge in [0, 0.05) is 5.70 Å². The van der Waals surface area contributed by atoms with Crippen LogP contribution in [0, 0.1) is 11.3 Å². The molecule has 124 valence electrons. The summed E-state index contributed by atoms with van der Waals surface area (Å²) in [5.41, 5.74) is 6.36. The Bertz CT molecular complexity index is 804. The molecule has 0 atom stereocenters. The topological polar surface area (TPSA) is 120 Å². The van der Waals surface area contributed by atoms with Gasteiger partial charge in [0.1, 0.15) is 23.1 Å². The summed E-state index contributed by atoms with van der Waals surface area (Å²) in [6, 6.07) is 9.14. The molecule has 1 aromatic heterocycles. The number of thioether (sulfide) groups is 1. The van der Waals surface area contributed by atoms with E-state index in [1.807, 2.05) is 37.3 Å². The normalized spacial score (nSPS) is 11.5. The summed E-state index contributed by atoms with van der Waals surface area (Å²) in [6.07, 6.45) is 0. The number of hydrogen-bond acceptors (Lipinski definition) is 8. The largest absolute Gasteiger partial charge is 0.492 e. The van der Waals surface area contributed by atoms with Crippen LogP contribution >= 0.6 is 11.8 Å². The van der Waals surface area contributed by atoms with Gasteiger partial charge in [0.05, 0.1) is 12.4 Å². The first-order chi connectivity index (χ1) is 11.6. The van der Waals surface area contributed by atoms with E-state index >= 15 is 0 Å². The number of Topliss-reactive ketones (excluding diaryl/α,β-unsaturated/α-hetero) is 1. The molecule has 9 heteroatoms. The SMILES string of the molecule is CCOc1ccccc1-n1nnnc1SCC(=O)C(C#N)=C(C)N.